The highest BCUT2D eigenvalue weighted by Crippen LogP contribution is 2.42. The molecule has 4 rings (SSSR count). The molecule has 1 unspecified atom stereocenters. The minimum absolute atomic E-state index is 0.187. The van der Waals surface area contributed by atoms with E-state index in [9.17, 15) is 14.3 Å². The summed E-state index contributed by atoms with van der Waals surface area (Å²) in [5.74, 6) is -0.0692. The zero-order valence-corrected chi connectivity index (χ0v) is 14.7. The van der Waals surface area contributed by atoms with Crippen LogP contribution in [-0.4, -0.2) is 51.6 Å². The summed E-state index contributed by atoms with van der Waals surface area (Å²) in [6.45, 7) is 1.79. The quantitative estimate of drug-likeness (QED) is 0.915. The SMILES string of the molecule is O=C1N(C2CCCCC2)CCC12C[C@@H](O)CN2Cc1cccc(F)c1. The molecular weight excluding hydrogens is 319 g/mol. The van der Waals surface area contributed by atoms with Gasteiger partial charge in [0.1, 0.15) is 11.4 Å². The maximum absolute atomic E-state index is 13.5. The maximum Gasteiger partial charge on any atom is 0.243 e. The molecule has 25 heavy (non-hydrogen) atoms. The van der Waals surface area contributed by atoms with Gasteiger partial charge in [0.2, 0.25) is 5.91 Å². The van der Waals surface area contributed by atoms with Crippen molar-refractivity contribution in [2.45, 2.75) is 69.2 Å². The number of likely N-dealkylation sites (tertiary alicyclic amines) is 2. The van der Waals surface area contributed by atoms with Crippen LogP contribution in [0.2, 0.25) is 0 Å². The van der Waals surface area contributed by atoms with E-state index in [0.717, 1.165) is 31.4 Å². The summed E-state index contributed by atoms with van der Waals surface area (Å²) < 4.78 is 13.5. The average Bonchev–Trinajstić information content (AvgIpc) is 3.09. The van der Waals surface area contributed by atoms with Crippen molar-refractivity contribution in [1.29, 1.82) is 0 Å². The van der Waals surface area contributed by atoms with Crippen LogP contribution in [0.1, 0.15) is 50.5 Å². The second kappa shape index (κ2) is 6.69. The van der Waals surface area contributed by atoms with Crippen molar-refractivity contribution in [3.63, 3.8) is 0 Å². The molecule has 2 saturated heterocycles. The molecule has 0 bridgehead atoms. The summed E-state index contributed by atoms with van der Waals surface area (Å²) in [5.41, 5.74) is 0.265. The van der Waals surface area contributed by atoms with E-state index in [1.54, 1.807) is 6.07 Å². The van der Waals surface area contributed by atoms with Gasteiger partial charge in [0.25, 0.3) is 0 Å². The fraction of sp³-hybridized carbons (Fsp3) is 0.650. The van der Waals surface area contributed by atoms with E-state index in [2.05, 4.69) is 9.80 Å². The molecule has 1 spiro atoms. The van der Waals surface area contributed by atoms with Crippen LogP contribution in [0.3, 0.4) is 0 Å². The van der Waals surface area contributed by atoms with Gasteiger partial charge in [-0.05, 0) is 37.0 Å². The zero-order valence-electron chi connectivity index (χ0n) is 14.7. The lowest BCUT2D eigenvalue weighted by molar-refractivity contribution is -0.139. The van der Waals surface area contributed by atoms with Crippen molar-refractivity contribution in [2.75, 3.05) is 13.1 Å². The Morgan fingerprint density at radius 2 is 2.04 bits per heavy atom. The first-order chi connectivity index (χ1) is 12.1. The number of hydrogen-bond donors (Lipinski definition) is 1. The number of nitrogens with zero attached hydrogens (tertiary/aromatic N) is 2. The summed E-state index contributed by atoms with van der Waals surface area (Å²) in [5, 5.41) is 10.3. The molecule has 1 amide bonds. The molecule has 1 aromatic rings. The third kappa shape index (κ3) is 3.08. The molecule has 0 aromatic heterocycles. The maximum atomic E-state index is 13.5. The number of carbonyl (C=O) groups is 1. The number of hydrogen-bond acceptors (Lipinski definition) is 3. The largest absolute Gasteiger partial charge is 0.392 e. The highest BCUT2D eigenvalue weighted by atomic mass is 19.1. The fourth-order valence-electron chi connectivity index (χ4n) is 5.09. The fourth-order valence-corrected chi connectivity index (χ4v) is 5.09. The molecule has 136 valence electrons. The van der Waals surface area contributed by atoms with E-state index in [4.69, 9.17) is 0 Å². The number of carbonyl (C=O) groups excluding carboxylic acids is 1. The molecule has 2 aliphatic heterocycles. The lowest BCUT2D eigenvalue weighted by Crippen LogP contribution is -2.51. The van der Waals surface area contributed by atoms with Gasteiger partial charge in [0, 0.05) is 32.1 Å². The second-order valence-electron chi connectivity index (χ2n) is 7.94. The molecule has 0 radical (unpaired) electrons. The number of aliphatic hydroxyl groups is 1. The molecule has 3 aliphatic rings. The smallest absolute Gasteiger partial charge is 0.243 e. The first kappa shape index (κ1) is 17.0. The topological polar surface area (TPSA) is 43.8 Å². The molecule has 2 heterocycles. The second-order valence-corrected chi connectivity index (χ2v) is 7.94. The van der Waals surface area contributed by atoms with E-state index in [-0.39, 0.29) is 11.7 Å². The number of benzene rings is 1. The van der Waals surface area contributed by atoms with E-state index in [1.807, 2.05) is 6.07 Å². The van der Waals surface area contributed by atoms with Crippen molar-refractivity contribution >= 4 is 5.91 Å². The van der Waals surface area contributed by atoms with Gasteiger partial charge in [-0.3, -0.25) is 9.69 Å². The average molecular weight is 346 g/mol. The van der Waals surface area contributed by atoms with Gasteiger partial charge in [-0.1, -0.05) is 31.4 Å². The Hall–Kier alpha value is -1.46. The van der Waals surface area contributed by atoms with Crippen molar-refractivity contribution in [3.8, 4) is 0 Å². The van der Waals surface area contributed by atoms with Gasteiger partial charge >= 0.3 is 0 Å². The molecule has 4 nitrogen and oxygen atoms in total. The van der Waals surface area contributed by atoms with Crippen LogP contribution in [0, 0.1) is 5.82 Å². The summed E-state index contributed by atoms with van der Waals surface area (Å²) in [4.78, 5) is 17.5. The van der Waals surface area contributed by atoms with Crippen LogP contribution in [-0.2, 0) is 11.3 Å². The van der Waals surface area contributed by atoms with Crippen LogP contribution < -0.4 is 0 Å². The Bertz CT molecular complexity index is 646. The van der Waals surface area contributed by atoms with E-state index in [1.165, 1.54) is 31.4 Å². The minimum Gasteiger partial charge on any atom is -0.392 e. The number of rotatable bonds is 3. The molecule has 2 atom stereocenters. The van der Waals surface area contributed by atoms with Gasteiger partial charge in [-0.15, -0.1) is 0 Å². The third-order valence-electron chi connectivity index (χ3n) is 6.31. The van der Waals surface area contributed by atoms with Gasteiger partial charge < -0.3 is 10.0 Å². The summed E-state index contributed by atoms with van der Waals surface area (Å²) in [6, 6.07) is 6.92. The number of halogens is 1. The Labute approximate surface area is 148 Å². The minimum atomic E-state index is -0.594. The summed E-state index contributed by atoms with van der Waals surface area (Å²) in [7, 11) is 0. The first-order valence-corrected chi connectivity index (χ1v) is 9.57. The Morgan fingerprint density at radius 3 is 2.80 bits per heavy atom. The van der Waals surface area contributed by atoms with Gasteiger partial charge in [-0.25, -0.2) is 4.39 Å². The van der Waals surface area contributed by atoms with Crippen LogP contribution in [0.4, 0.5) is 4.39 Å². The van der Waals surface area contributed by atoms with Crippen molar-refractivity contribution < 1.29 is 14.3 Å². The van der Waals surface area contributed by atoms with Crippen LogP contribution in [0.5, 0.6) is 0 Å². The van der Waals surface area contributed by atoms with Crippen molar-refractivity contribution in [2.24, 2.45) is 0 Å². The zero-order chi connectivity index (χ0) is 17.4. The van der Waals surface area contributed by atoms with Gasteiger partial charge in [0.15, 0.2) is 0 Å². The van der Waals surface area contributed by atoms with E-state index >= 15 is 0 Å². The predicted octanol–water partition coefficient (Wildman–Crippen LogP) is 2.70. The Kier molecular flexibility index (Phi) is 4.54. The van der Waals surface area contributed by atoms with Crippen LogP contribution in [0.25, 0.3) is 0 Å². The Balaban J connectivity index is 1.55. The molecule has 5 heteroatoms. The third-order valence-corrected chi connectivity index (χ3v) is 6.31. The molecule has 1 aromatic carbocycles. The molecule has 1 N–H and O–H groups in total. The highest BCUT2D eigenvalue weighted by molar-refractivity contribution is 5.89. The standard InChI is InChI=1S/C20H27FN2O2/c21-16-6-4-5-15(11-16)13-22-14-18(24)12-20(22)9-10-23(19(20)25)17-7-2-1-3-8-17/h4-6,11,17-18,24H,1-3,7-10,12-14H2/t18-,20?/m1/s1. The molecular formula is C20H27FN2O2. The predicted molar refractivity (Wildman–Crippen MR) is 93.4 cm³/mol. The first-order valence-electron chi connectivity index (χ1n) is 9.57. The van der Waals surface area contributed by atoms with E-state index < -0.39 is 11.6 Å². The van der Waals surface area contributed by atoms with Gasteiger partial charge in [-0.2, -0.15) is 0 Å². The van der Waals surface area contributed by atoms with Crippen LogP contribution in [0.15, 0.2) is 24.3 Å². The lowest BCUT2D eigenvalue weighted by Gasteiger charge is -2.36. The molecule has 1 saturated carbocycles. The van der Waals surface area contributed by atoms with Gasteiger partial charge in [0.05, 0.1) is 6.10 Å². The monoisotopic (exact) mass is 346 g/mol. The Morgan fingerprint density at radius 1 is 1.24 bits per heavy atom. The normalized spacial score (nSPS) is 31.4. The molecule has 3 fully saturated rings. The highest BCUT2D eigenvalue weighted by Gasteiger charge is 2.56. The molecule has 1 aliphatic carbocycles. The number of aliphatic hydroxyl groups excluding tert-OH is 1. The number of amides is 1. The summed E-state index contributed by atoms with van der Waals surface area (Å²) in [6.07, 6.45) is 6.69. The van der Waals surface area contributed by atoms with E-state index in [0.29, 0.717) is 25.6 Å². The van der Waals surface area contributed by atoms with Crippen molar-refractivity contribution in [1.82, 2.24) is 9.80 Å². The number of β-amino-alcohol motifs (C(OH)–C–C–N with tert-alkyl or cyclic N) is 1. The summed E-state index contributed by atoms with van der Waals surface area (Å²) >= 11 is 0. The van der Waals surface area contributed by atoms with Crippen molar-refractivity contribution in [3.05, 3.63) is 35.6 Å². The lowest BCUT2D eigenvalue weighted by atomic mass is 9.91. The van der Waals surface area contributed by atoms with Crippen LogP contribution >= 0.6 is 0 Å².